The van der Waals surface area contributed by atoms with Gasteiger partial charge in [0.15, 0.2) is 6.29 Å². The van der Waals surface area contributed by atoms with Gasteiger partial charge in [0.1, 0.15) is 13.0 Å². The molecule has 0 N–H and O–H groups in total. The zero-order valence-corrected chi connectivity index (χ0v) is 8.21. The molecule has 0 aromatic carbocycles. The number of halogens is 1. The highest BCUT2D eigenvalue weighted by Gasteiger charge is 2.13. The van der Waals surface area contributed by atoms with Crippen molar-refractivity contribution in [2.75, 3.05) is 14.2 Å². The normalized spacial score (nSPS) is 10.8. The molecule has 68 valence electrons. The molecule has 1 heterocycles. The second kappa shape index (κ2) is 4.60. The lowest BCUT2D eigenvalue weighted by Gasteiger charge is -2.14. The monoisotopic (exact) mass is 197 g/mol. The summed E-state index contributed by atoms with van der Waals surface area (Å²) < 4.78 is 10.0. The van der Waals surface area contributed by atoms with E-state index in [0.717, 1.165) is 0 Å². The lowest BCUT2D eigenvalue weighted by Crippen LogP contribution is -2.11. The average molecular weight is 197 g/mol. The summed E-state index contributed by atoms with van der Waals surface area (Å²) in [4.78, 5) is 3.88. The van der Waals surface area contributed by atoms with Gasteiger partial charge in [-0.2, -0.15) is 0 Å². The van der Waals surface area contributed by atoms with Gasteiger partial charge in [0, 0.05) is 26.0 Å². The quantitative estimate of drug-likeness (QED) is 0.408. The average Bonchev–Trinajstić information content (AvgIpc) is 2.13. The molecule has 1 aromatic heterocycles. The lowest BCUT2D eigenvalue weighted by atomic mass is 9.97. The van der Waals surface area contributed by atoms with Crippen molar-refractivity contribution in [2.45, 2.75) is 6.29 Å². The highest BCUT2D eigenvalue weighted by Crippen LogP contribution is 2.22. The van der Waals surface area contributed by atoms with E-state index < -0.39 is 6.29 Å². The number of hydrogen-bond acceptors (Lipinski definition) is 3. The van der Waals surface area contributed by atoms with Crippen molar-refractivity contribution >= 4 is 24.9 Å². The van der Waals surface area contributed by atoms with Crippen LogP contribution in [-0.4, -0.2) is 27.0 Å². The minimum atomic E-state index is -0.525. The summed E-state index contributed by atoms with van der Waals surface area (Å²) in [5, 5.41) is 0.336. The molecule has 1 aromatic rings. The zero-order chi connectivity index (χ0) is 9.84. The first-order valence-corrected chi connectivity index (χ1v) is 4.03. The molecule has 1 rings (SSSR count). The molecule has 0 amide bonds. The standard InChI is InChI=1S/C8H9BClNO2/c1-12-8(13-2)6-3-5(9)4-11-7(6)10/h3-4,8H,1-2H3. The van der Waals surface area contributed by atoms with Crippen LogP contribution in [0.5, 0.6) is 0 Å². The van der Waals surface area contributed by atoms with E-state index in [0.29, 0.717) is 16.2 Å². The highest BCUT2D eigenvalue weighted by molar-refractivity contribution is 6.33. The molecule has 0 saturated heterocycles. The summed E-state index contributed by atoms with van der Waals surface area (Å²) in [5.74, 6) is 0. The van der Waals surface area contributed by atoms with Crippen LogP contribution in [0, 0.1) is 0 Å². The Morgan fingerprint density at radius 3 is 2.62 bits per heavy atom. The molecule has 3 nitrogen and oxygen atoms in total. The largest absolute Gasteiger partial charge is 0.352 e. The van der Waals surface area contributed by atoms with Crippen LogP contribution in [0.1, 0.15) is 11.9 Å². The molecule has 0 aliphatic rings. The van der Waals surface area contributed by atoms with Crippen LogP contribution in [-0.2, 0) is 9.47 Å². The van der Waals surface area contributed by atoms with E-state index in [4.69, 9.17) is 28.9 Å². The summed E-state index contributed by atoms with van der Waals surface area (Å²) >= 11 is 5.82. The Hall–Kier alpha value is -0.575. The third-order valence-corrected chi connectivity index (χ3v) is 1.89. The Bertz CT molecular complexity index is 291. The maximum Gasteiger partial charge on any atom is 0.186 e. The van der Waals surface area contributed by atoms with Gasteiger partial charge >= 0.3 is 0 Å². The number of ether oxygens (including phenoxy) is 2. The molecule has 0 unspecified atom stereocenters. The number of nitrogens with zero attached hydrogens (tertiary/aromatic N) is 1. The Morgan fingerprint density at radius 1 is 1.46 bits per heavy atom. The van der Waals surface area contributed by atoms with Crippen LogP contribution in [0.3, 0.4) is 0 Å². The van der Waals surface area contributed by atoms with Crippen molar-refractivity contribution in [3.8, 4) is 0 Å². The molecule has 0 aliphatic carbocycles. The van der Waals surface area contributed by atoms with Gasteiger partial charge < -0.3 is 9.47 Å². The van der Waals surface area contributed by atoms with Gasteiger partial charge in [-0.1, -0.05) is 23.1 Å². The molecule has 0 bridgehead atoms. The van der Waals surface area contributed by atoms with E-state index in [9.17, 15) is 0 Å². The Kier molecular flexibility index (Phi) is 3.72. The molecule has 5 heteroatoms. The van der Waals surface area contributed by atoms with Gasteiger partial charge in [0.2, 0.25) is 0 Å². The third kappa shape index (κ3) is 2.43. The van der Waals surface area contributed by atoms with E-state index in [2.05, 4.69) is 4.98 Å². The fourth-order valence-electron chi connectivity index (χ4n) is 0.998. The smallest absolute Gasteiger partial charge is 0.186 e. The summed E-state index contributed by atoms with van der Waals surface area (Å²) in [6, 6.07) is 1.67. The van der Waals surface area contributed by atoms with Crippen molar-refractivity contribution in [3.05, 3.63) is 23.0 Å². The number of methoxy groups -OCH3 is 2. The van der Waals surface area contributed by atoms with Crippen molar-refractivity contribution < 1.29 is 9.47 Å². The van der Waals surface area contributed by atoms with E-state index >= 15 is 0 Å². The van der Waals surface area contributed by atoms with Crippen molar-refractivity contribution in [1.29, 1.82) is 0 Å². The van der Waals surface area contributed by atoms with E-state index in [1.54, 1.807) is 6.07 Å². The maximum absolute atomic E-state index is 5.82. The minimum Gasteiger partial charge on any atom is -0.352 e. The van der Waals surface area contributed by atoms with E-state index in [-0.39, 0.29) is 0 Å². The van der Waals surface area contributed by atoms with Crippen LogP contribution in [0.2, 0.25) is 5.15 Å². The summed E-state index contributed by atoms with van der Waals surface area (Å²) in [7, 11) is 8.59. The topological polar surface area (TPSA) is 31.4 Å². The molecule has 0 spiro atoms. The van der Waals surface area contributed by atoms with Crippen molar-refractivity contribution in [2.24, 2.45) is 0 Å². The molecule has 0 aliphatic heterocycles. The zero-order valence-electron chi connectivity index (χ0n) is 7.45. The minimum absolute atomic E-state index is 0.336. The third-order valence-electron chi connectivity index (χ3n) is 1.57. The molecule has 0 saturated carbocycles. The molecular weight excluding hydrogens is 188 g/mol. The predicted molar refractivity (Wildman–Crippen MR) is 51.4 cm³/mol. The fraction of sp³-hybridized carbons (Fsp3) is 0.375. The van der Waals surface area contributed by atoms with Gasteiger partial charge in [-0.05, 0) is 0 Å². The Labute approximate surface area is 83.4 Å². The second-order valence-corrected chi connectivity index (χ2v) is 2.81. The van der Waals surface area contributed by atoms with Crippen molar-refractivity contribution in [1.82, 2.24) is 4.98 Å². The highest BCUT2D eigenvalue weighted by atomic mass is 35.5. The molecule has 0 atom stereocenters. The van der Waals surface area contributed by atoms with Crippen LogP contribution in [0.4, 0.5) is 0 Å². The van der Waals surface area contributed by atoms with E-state index in [1.807, 2.05) is 0 Å². The molecule has 0 fully saturated rings. The maximum atomic E-state index is 5.82. The summed E-state index contributed by atoms with van der Waals surface area (Å²) in [6.45, 7) is 0. The van der Waals surface area contributed by atoms with Gasteiger partial charge in [-0.3, -0.25) is 0 Å². The first-order chi connectivity index (χ1) is 6.19. The second-order valence-electron chi connectivity index (χ2n) is 2.45. The molecule has 2 radical (unpaired) electrons. The van der Waals surface area contributed by atoms with Crippen LogP contribution in [0.15, 0.2) is 12.3 Å². The number of aromatic nitrogens is 1. The van der Waals surface area contributed by atoms with Gasteiger partial charge in [0.25, 0.3) is 0 Å². The number of hydrogen-bond donors (Lipinski definition) is 0. The van der Waals surface area contributed by atoms with E-state index in [1.165, 1.54) is 20.4 Å². The lowest BCUT2D eigenvalue weighted by molar-refractivity contribution is -0.106. The first kappa shape index (κ1) is 10.5. The number of rotatable bonds is 3. The number of pyridine rings is 1. The Morgan fingerprint density at radius 2 is 2.08 bits per heavy atom. The van der Waals surface area contributed by atoms with Gasteiger partial charge in [-0.25, -0.2) is 4.98 Å². The van der Waals surface area contributed by atoms with Crippen LogP contribution in [0.25, 0.3) is 0 Å². The molecule has 13 heavy (non-hydrogen) atoms. The first-order valence-electron chi connectivity index (χ1n) is 3.65. The summed E-state index contributed by atoms with van der Waals surface area (Å²) in [6.07, 6.45) is 0.956. The van der Waals surface area contributed by atoms with Gasteiger partial charge in [0.05, 0.1) is 0 Å². The van der Waals surface area contributed by atoms with Crippen molar-refractivity contribution in [3.63, 3.8) is 0 Å². The predicted octanol–water partition coefficient (Wildman–Crippen LogP) is 0.820. The fourth-order valence-corrected chi connectivity index (χ4v) is 1.19. The SMILES string of the molecule is [B]c1cnc(Cl)c(C(OC)OC)c1. The summed E-state index contributed by atoms with van der Waals surface area (Å²) in [5.41, 5.74) is 1.16. The van der Waals surface area contributed by atoms with Gasteiger partial charge in [-0.15, -0.1) is 0 Å². The van der Waals surface area contributed by atoms with Crippen LogP contribution >= 0.6 is 11.6 Å². The van der Waals surface area contributed by atoms with Crippen LogP contribution < -0.4 is 5.46 Å². The Balaban J connectivity index is 3.03. The molecular formula is C8H9BClNO2.